The predicted molar refractivity (Wildman–Crippen MR) is 88.8 cm³/mol. The number of anilines is 2. The molecular formula is C18H13F6N3. The van der Waals surface area contributed by atoms with E-state index in [1.165, 1.54) is 30.1 Å². The number of fused-ring (bicyclic) bond motifs is 1. The number of benzene rings is 2. The number of hydrogen-bond donors (Lipinski definition) is 0. The summed E-state index contributed by atoms with van der Waals surface area (Å²) in [5, 5.41) is 0.366. The molecule has 0 fully saturated rings. The molecule has 0 bridgehead atoms. The fraction of sp³-hybridized carbons (Fsp3) is 0.222. The van der Waals surface area contributed by atoms with Crippen LogP contribution in [0.25, 0.3) is 10.9 Å². The van der Waals surface area contributed by atoms with E-state index >= 15 is 0 Å². The number of hydrogen-bond acceptors (Lipinski definition) is 3. The summed E-state index contributed by atoms with van der Waals surface area (Å²) in [6, 6.07) is 8.80. The van der Waals surface area contributed by atoms with Gasteiger partial charge in [-0.2, -0.15) is 26.3 Å². The molecule has 0 N–H and O–H groups in total. The summed E-state index contributed by atoms with van der Waals surface area (Å²) in [6.45, 7) is 1.76. The van der Waals surface area contributed by atoms with Crippen molar-refractivity contribution >= 4 is 22.4 Å². The molecule has 2 aromatic carbocycles. The summed E-state index contributed by atoms with van der Waals surface area (Å²) < 4.78 is 77.6. The summed E-state index contributed by atoms with van der Waals surface area (Å²) in [5.41, 5.74) is 0.293. The zero-order valence-electron chi connectivity index (χ0n) is 14.2. The van der Waals surface area contributed by atoms with E-state index in [2.05, 4.69) is 9.97 Å². The van der Waals surface area contributed by atoms with Crippen LogP contribution < -0.4 is 4.90 Å². The van der Waals surface area contributed by atoms with E-state index in [9.17, 15) is 26.3 Å². The Balaban J connectivity index is 2.15. The number of aryl methyl sites for hydroxylation is 1. The van der Waals surface area contributed by atoms with Crippen molar-refractivity contribution < 1.29 is 26.3 Å². The van der Waals surface area contributed by atoms with Crippen molar-refractivity contribution in [1.82, 2.24) is 9.97 Å². The zero-order valence-corrected chi connectivity index (χ0v) is 14.2. The summed E-state index contributed by atoms with van der Waals surface area (Å²) in [6.07, 6.45) is -9.26. The van der Waals surface area contributed by atoms with Gasteiger partial charge < -0.3 is 4.90 Å². The van der Waals surface area contributed by atoms with Crippen LogP contribution in [0, 0.1) is 6.92 Å². The van der Waals surface area contributed by atoms with Crippen LogP contribution >= 0.6 is 0 Å². The largest absolute Gasteiger partial charge is 0.451 e. The SMILES string of the molecule is Cc1ccc2nc(C(F)(F)F)nc(N(C)c3ccc(C(F)(F)F)cc3)c2c1. The van der Waals surface area contributed by atoms with E-state index in [-0.39, 0.29) is 17.0 Å². The Morgan fingerprint density at radius 3 is 2.00 bits per heavy atom. The Hall–Kier alpha value is -2.84. The van der Waals surface area contributed by atoms with Gasteiger partial charge in [0, 0.05) is 18.1 Å². The lowest BCUT2D eigenvalue weighted by atomic mass is 10.1. The fourth-order valence-corrected chi connectivity index (χ4v) is 2.60. The molecular weight excluding hydrogens is 372 g/mol. The normalized spacial score (nSPS) is 12.4. The second-order valence-electron chi connectivity index (χ2n) is 5.99. The Labute approximate surface area is 150 Å². The lowest BCUT2D eigenvalue weighted by molar-refractivity contribution is -0.144. The second kappa shape index (κ2) is 6.40. The van der Waals surface area contributed by atoms with Crippen LogP contribution in [0.2, 0.25) is 0 Å². The highest BCUT2D eigenvalue weighted by atomic mass is 19.4. The van der Waals surface area contributed by atoms with Gasteiger partial charge in [0.25, 0.3) is 0 Å². The summed E-state index contributed by atoms with van der Waals surface area (Å²) in [7, 11) is 1.44. The van der Waals surface area contributed by atoms with Gasteiger partial charge in [0.1, 0.15) is 5.82 Å². The first-order valence-electron chi connectivity index (χ1n) is 7.73. The molecule has 9 heteroatoms. The van der Waals surface area contributed by atoms with Crippen LogP contribution in [-0.4, -0.2) is 17.0 Å². The van der Waals surface area contributed by atoms with E-state index in [1.54, 1.807) is 19.1 Å². The van der Waals surface area contributed by atoms with Gasteiger partial charge >= 0.3 is 12.4 Å². The average Bonchev–Trinajstić information content (AvgIpc) is 2.58. The minimum absolute atomic E-state index is 0.0456. The van der Waals surface area contributed by atoms with Crippen LogP contribution in [0.15, 0.2) is 42.5 Å². The lowest BCUT2D eigenvalue weighted by Gasteiger charge is -2.22. The van der Waals surface area contributed by atoms with Gasteiger partial charge in [0.15, 0.2) is 0 Å². The molecule has 3 nitrogen and oxygen atoms in total. The van der Waals surface area contributed by atoms with Gasteiger partial charge in [0.2, 0.25) is 5.82 Å². The van der Waals surface area contributed by atoms with Crippen molar-refractivity contribution in [3.8, 4) is 0 Å². The molecule has 0 spiro atoms. The Bertz CT molecular complexity index is 977. The molecule has 0 aliphatic rings. The number of nitrogens with zero attached hydrogens (tertiary/aromatic N) is 3. The van der Waals surface area contributed by atoms with E-state index < -0.39 is 23.7 Å². The first kappa shape index (κ1) is 18.9. The predicted octanol–water partition coefficient (Wildman–Crippen LogP) is 5.74. The third kappa shape index (κ3) is 3.81. The molecule has 27 heavy (non-hydrogen) atoms. The Morgan fingerprint density at radius 1 is 0.815 bits per heavy atom. The first-order valence-corrected chi connectivity index (χ1v) is 7.73. The molecule has 0 aliphatic heterocycles. The fourth-order valence-electron chi connectivity index (χ4n) is 2.60. The van der Waals surface area contributed by atoms with Gasteiger partial charge in [0.05, 0.1) is 11.1 Å². The maximum atomic E-state index is 13.2. The third-order valence-electron chi connectivity index (χ3n) is 3.98. The molecule has 0 saturated carbocycles. The third-order valence-corrected chi connectivity index (χ3v) is 3.98. The molecule has 1 heterocycles. The van der Waals surface area contributed by atoms with Crippen LogP contribution in [0.5, 0.6) is 0 Å². The van der Waals surface area contributed by atoms with Gasteiger partial charge in [-0.05, 0) is 43.3 Å². The van der Waals surface area contributed by atoms with Crippen LogP contribution in [-0.2, 0) is 12.4 Å². The molecule has 0 radical (unpaired) electrons. The van der Waals surface area contributed by atoms with Crippen molar-refractivity contribution in [3.05, 3.63) is 59.4 Å². The molecule has 0 unspecified atom stereocenters. The number of alkyl halides is 6. The molecule has 0 saturated heterocycles. The minimum Gasteiger partial charge on any atom is -0.329 e. The average molecular weight is 385 g/mol. The van der Waals surface area contributed by atoms with Gasteiger partial charge in [-0.25, -0.2) is 9.97 Å². The van der Waals surface area contributed by atoms with Gasteiger partial charge in [-0.3, -0.25) is 0 Å². The molecule has 0 atom stereocenters. The Morgan fingerprint density at radius 2 is 1.44 bits per heavy atom. The van der Waals surface area contributed by atoms with Crippen molar-refractivity contribution in [2.75, 3.05) is 11.9 Å². The van der Waals surface area contributed by atoms with Crippen LogP contribution in [0.4, 0.5) is 37.8 Å². The smallest absolute Gasteiger partial charge is 0.329 e. The highest BCUT2D eigenvalue weighted by molar-refractivity contribution is 5.92. The zero-order chi connectivity index (χ0) is 20.0. The molecule has 3 rings (SSSR count). The van der Waals surface area contributed by atoms with Crippen molar-refractivity contribution in [1.29, 1.82) is 0 Å². The molecule has 3 aromatic rings. The summed E-state index contributed by atoms with van der Waals surface area (Å²) >= 11 is 0. The molecule has 1 aromatic heterocycles. The van der Waals surface area contributed by atoms with Crippen molar-refractivity contribution in [3.63, 3.8) is 0 Å². The Kier molecular flexibility index (Phi) is 4.49. The highest BCUT2D eigenvalue weighted by Gasteiger charge is 2.36. The lowest BCUT2D eigenvalue weighted by Crippen LogP contribution is -2.18. The molecule has 0 amide bonds. The van der Waals surface area contributed by atoms with E-state index in [0.29, 0.717) is 5.39 Å². The van der Waals surface area contributed by atoms with E-state index in [1.807, 2.05) is 0 Å². The number of aromatic nitrogens is 2. The van der Waals surface area contributed by atoms with E-state index in [0.717, 1.165) is 17.7 Å². The van der Waals surface area contributed by atoms with Crippen LogP contribution in [0.1, 0.15) is 17.0 Å². The second-order valence-corrected chi connectivity index (χ2v) is 5.99. The van der Waals surface area contributed by atoms with E-state index in [4.69, 9.17) is 0 Å². The first-order chi connectivity index (χ1) is 12.5. The maximum Gasteiger partial charge on any atom is 0.451 e. The maximum absolute atomic E-state index is 13.2. The number of halogens is 6. The summed E-state index contributed by atoms with van der Waals surface area (Å²) in [4.78, 5) is 8.49. The number of rotatable bonds is 2. The molecule has 142 valence electrons. The highest BCUT2D eigenvalue weighted by Crippen LogP contribution is 2.35. The quantitative estimate of drug-likeness (QED) is 0.527. The monoisotopic (exact) mass is 385 g/mol. The van der Waals surface area contributed by atoms with Crippen molar-refractivity contribution in [2.24, 2.45) is 0 Å². The van der Waals surface area contributed by atoms with Gasteiger partial charge in [-0.15, -0.1) is 0 Å². The molecule has 0 aliphatic carbocycles. The van der Waals surface area contributed by atoms with Crippen LogP contribution in [0.3, 0.4) is 0 Å². The topological polar surface area (TPSA) is 29.0 Å². The van der Waals surface area contributed by atoms with Gasteiger partial charge in [-0.1, -0.05) is 11.6 Å². The van der Waals surface area contributed by atoms with Crippen molar-refractivity contribution in [2.45, 2.75) is 19.3 Å². The minimum atomic E-state index is -4.76. The summed E-state index contributed by atoms with van der Waals surface area (Å²) in [5.74, 6) is -1.36. The standard InChI is InChI=1S/C18H13F6N3/c1-10-3-8-14-13(9-10)15(26-16(25-14)18(22,23)24)27(2)12-6-4-11(5-7-12)17(19,20)21/h3-9H,1-2H3.